The molecule has 0 fully saturated rings. The summed E-state index contributed by atoms with van der Waals surface area (Å²) in [5, 5.41) is 4.26. The van der Waals surface area contributed by atoms with Crippen LogP contribution in [0.3, 0.4) is 0 Å². The second-order valence-electron chi connectivity index (χ2n) is 5.19. The zero-order valence-corrected chi connectivity index (χ0v) is 12.7. The molecule has 0 saturated carbocycles. The summed E-state index contributed by atoms with van der Waals surface area (Å²) in [5.41, 5.74) is 2.68. The van der Waals surface area contributed by atoms with E-state index in [1.165, 1.54) is 10.7 Å². The Bertz CT molecular complexity index is 779. The third-order valence-corrected chi connectivity index (χ3v) is 4.46. The lowest BCUT2D eigenvalue weighted by Gasteiger charge is -2.21. The lowest BCUT2D eigenvalue weighted by atomic mass is 10.0. The molecule has 0 bridgehead atoms. The molecule has 1 aliphatic heterocycles. The summed E-state index contributed by atoms with van der Waals surface area (Å²) in [6.07, 6.45) is 3.23. The Labute approximate surface area is 123 Å². The van der Waals surface area contributed by atoms with Crippen molar-refractivity contribution in [1.29, 1.82) is 0 Å². The molecule has 21 heavy (non-hydrogen) atoms. The average molecular weight is 304 g/mol. The second kappa shape index (κ2) is 5.04. The quantitative estimate of drug-likeness (QED) is 0.876. The van der Waals surface area contributed by atoms with Crippen molar-refractivity contribution in [2.45, 2.75) is 19.4 Å². The van der Waals surface area contributed by atoms with Crippen LogP contribution in [0.25, 0.3) is 0 Å². The van der Waals surface area contributed by atoms with E-state index >= 15 is 0 Å². The van der Waals surface area contributed by atoms with Crippen molar-refractivity contribution in [3.63, 3.8) is 0 Å². The first kappa shape index (κ1) is 13.9. The molecule has 0 saturated heterocycles. The molecule has 0 spiro atoms. The zero-order valence-electron chi connectivity index (χ0n) is 11.9. The van der Waals surface area contributed by atoms with E-state index in [9.17, 15) is 8.42 Å². The van der Waals surface area contributed by atoms with Crippen molar-refractivity contribution in [1.82, 2.24) is 4.41 Å². The van der Waals surface area contributed by atoms with Crippen LogP contribution < -0.4 is 0 Å². The van der Waals surface area contributed by atoms with Crippen LogP contribution in [-0.4, -0.2) is 24.8 Å². The third kappa shape index (κ3) is 2.71. The molecule has 1 unspecified atom stereocenters. The molecule has 6 heteroatoms. The van der Waals surface area contributed by atoms with Crippen LogP contribution >= 0.6 is 0 Å². The molecule has 1 atom stereocenters. The van der Waals surface area contributed by atoms with E-state index in [-0.39, 0.29) is 6.04 Å². The summed E-state index contributed by atoms with van der Waals surface area (Å²) < 4.78 is 30.5. The van der Waals surface area contributed by atoms with E-state index in [0.717, 1.165) is 11.1 Å². The van der Waals surface area contributed by atoms with Crippen molar-refractivity contribution < 1.29 is 12.8 Å². The maximum Gasteiger partial charge on any atom is 0.247 e. The lowest BCUT2D eigenvalue weighted by Crippen LogP contribution is -2.25. The van der Waals surface area contributed by atoms with Gasteiger partial charge in [-0.3, -0.25) is 0 Å². The number of furan rings is 1. The minimum absolute atomic E-state index is 0.319. The van der Waals surface area contributed by atoms with Crippen LogP contribution in [0.1, 0.15) is 29.3 Å². The van der Waals surface area contributed by atoms with Crippen molar-refractivity contribution in [3.05, 3.63) is 59.5 Å². The number of nitrogens with zero attached hydrogens (tertiary/aromatic N) is 2. The highest BCUT2D eigenvalue weighted by Gasteiger charge is 2.35. The van der Waals surface area contributed by atoms with E-state index in [2.05, 4.69) is 5.10 Å². The number of rotatable bonds is 3. The minimum Gasteiger partial charge on any atom is -0.463 e. The monoisotopic (exact) mass is 304 g/mol. The summed E-state index contributed by atoms with van der Waals surface area (Å²) in [7, 11) is -3.43. The Morgan fingerprint density at radius 2 is 2.10 bits per heavy atom. The maximum absolute atomic E-state index is 12.0. The third-order valence-electron chi connectivity index (χ3n) is 3.44. The molecular formula is C15H16N2O3S. The van der Waals surface area contributed by atoms with Gasteiger partial charge in [0.1, 0.15) is 11.5 Å². The molecule has 2 heterocycles. The number of benzene rings is 1. The fourth-order valence-corrected chi connectivity index (χ4v) is 3.42. The summed E-state index contributed by atoms with van der Waals surface area (Å²) >= 11 is 0. The Balaban J connectivity index is 2.02. The topological polar surface area (TPSA) is 62.9 Å². The van der Waals surface area contributed by atoms with Gasteiger partial charge in [-0.05, 0) is 24.6 Å². The molecule has 3 rings (SSSR count). The first-order chi connectivity index (χ1) is 9.95. The molecule has 110 valence electrons. The van der Waals surface area contributed by atoms with E-state index in [0.29, 0.717) is 17.9 Å². The highest BCUT2D eigenvalue weighted by atomic mass is 32.2. The molecule has 0 N–H and O–H groups in total. The molecule has 2 aromatic rings. The molecule has 1 aromatic heterocycles. The first-order valence-electron chi connectivity index (χ1n) is 6.62. The summed E-state index contributed by atoms with van der Waals surface area (Å²) in [6.45, 7) is 1.98. The van der Waals surface area contributed by atoms with E-state index < -0.39 is 10.0 Å². The standard InChI is InChI=1S/C15H16N2O3S/c1-11-5-3-6-12(9-11)14-10-13(15-7-4-8-20-15)16-17(14)21(2,18)19/h3-9,14H,10H2,1-2H3. The fourth-order valence-electron chi connectivity index (χ4n) is 2.51. The van der Waals surface area contributed by atoms with Crippen molar-refractivity contribution in [2.24, 2.45) is 5.10 Å². The lowest BCUT2D eigenvalue weighted by molar-refractivity contribution is 0.374. The average Bonchev–Trinajstić information content (AvgIpc) is 3.07. The van der Waals surface area contributed by atoms with Gasteiger partial charge in [-0.2, -0.15) is 9.52 Å². The van der Waals surface area contributed by atoms with Gasteiger partial charge in [-0.1, -0.05) is 29.8 Å². The van der Waals surface area contributed by atoms with Crippen LogP contribution in [0.4, 0.5) is 0 Å². The number of sulfonamides is 1. The predicted octanol–water partition coefficient (Wildman–Crippen LogP) is 2.70. The molecule has 1 aliphatic rings. The van der Waals surface area contributed by atoms with Gasteiger partial charge in [0.2, 0.25) is 10.0 Å². The first-order valence-corrected chi connectivity index (χ1v) is 8.47. The van der Waals surface area contributed by atoms with Crippen molar-refractivity contribution >= 4 is 15.7 Å². The molecule has 0 radical (unpaired) electrons. The smallest absolute Gasteiger partial charge is 0.247 e. The highest BCUT2D eigenvalue weighted by Crippen LogP contribution is 2.34. The van der Waals surface area contributed by atoms with Crippen molar-refractivity contribution in [2.75, 3.05) is 6.26 Å². The Morgan fingerprint density at radius 1 is 1.29 bits per heavy atom. The Hall–Kier alpha value is -2.08. The van der Waals surface area contributed by atoms with Gasteiger partial charge >= 0.3 is 0 Å². The van der Waals surface area contributed by atoms with Crippen LogP contribution in [0.15, 0.2) is 52.2 Å². The summed E-state index contributed by atoms with van der Waals surface area (Å²) in [6, 6.07) is 11.1. The highest BCUT2D eigenvalue weighted by molar-refractivity contribution is 7.88. The second-order valence-corrected chi connectivity index (χ2v) is 7.03. The van der Waals surface area contributed by atoms with Crippen LogP contribution in [0.2, 0.25) is 0 Å². The van der Waals surface area contributed by atoms with Gasteiger partial charge in [-0.25, -0.2) is 8.42 Å². The number of hydrogen-bond donors (Lipinski definition) is 0. The fraction of sp³-hybridized carbons (Fsp3) is 0.267. The number of hydrazone groups is 1. The van der Waals surface area contributed by atoms with Gasteiger partial charge in [0.05, 0.1) is 18.6 Å². The predicted molar refractivity (Wildman–Crippen MR) is 80.5 cm³/mol. The van der Waals surface area contributed by atoms with Crippen molar-refractivity contribution in [3.8, 4) is 0 Å². The van der Waals surface area contributed by atoms with Gasteiger partial charge in [0, 0.05) is 6.42 Å². The largest absolute Gasteiger partial charge is 0.463 e. The molecule has 0 aliphatic carbocycles. The SMILES string of the molecule is Cc1cccc(C2CC(c3ccco3)=NN2S(C)(=O)=O)c1. The summed E-state index contributed by atoms with van der Waals surface area (Å²) in [5.74, 6) is 0.610. The minimum atomic E-state index is -3.43. The van der Waals surface area contributed by atoms with E-state index in [1.807, 2.05) is 31.2 Å². The van der Waals surface area contributed by atoms with E-state index in [1.54, 1.807) is 18.4 Å². The van der Waals surface area contributed by atoms with Gasteiger partial charge in [-0.15, -0.1) is 0 Å². The summed E-state index contributed by atoms with van der Waals surface area (Å²) in [4.78, 5) is 0. The van der Waals surface area contributed by atoms with Crippen LogP contribution in [0.5, 0.6) is 0 Å². The van der Waals surface area contributed by atoms with Crippen LogP contribution in [0, 0.1) is 6.92 Å². The molecule has 5 nitrogen and oxygen atoms in total. The maximum atomic E-state index is 12.0. The van der Waals surface area contributed by atoms with Gasteiger partial charge < -0.3 is 4.42 Å². The number of hydrogen-bond acceptors (Lipinski definition) is 4. The Kier molecular flexibility index (Phi) is 3.33. The molecule has 1 aromatic carbocycles. The van der Waals surface area contributed by atoms with Gasteiger partial charge in [0.25, 0.3) is 0 Å². The molecular weight excluding hydrogens is 288 g/mol. The number of aryl methyl sites for hydroxylation is 1. The molecule has 0 amide bonds. The van der Waals surface area contributed by atoms with E-state index in [4.69, 9.17) is 4.42 Å². The Morgan fingerprint density at radius 3 is 2.71 bits per heavy atom. The normalized spacial score (nSPS) is 18.9. The van der Waals surface area contributed by atoms with Gasteiger partial charge in [0.15, 0.2) is 0 Å². The zero-order chi connectivity index (χ0) is 15.0. The van der Waals surface area contributed by atoms with Crippen LogP contribution in [-0.2, 0) is 10.0 Å².